The minimum Gasteiger partial charge on any atom is -0.476 e. The molecule has 0 atom stereocenters. The zero-order chi connectivity index (χ0) is 13.7. The van der Waals surface area contributed by atoms with Crippen LogP contribution < -0.4 is 4.74 Å². The van der Waals surface area contributed by atoms with Gasteiger partial charge in [-0.3, -0.25) is 0 Å². The van der Waals surface area contributed by atoms with Crippen LogP contribution in [-0.2, 0) is 6.42 Å². The molecule has 1 aromatic heterocycles. The van der Waals surface area contributed by atoms with Crippen LogP contribution in [-0.4, -0.2) is 32.8 Å². The maximum atomic E-state index is 11.0. The zero-order valence-corrected chi connectivity index (χ0v) is 9.98. The molecule has 0 aliphatic heterocycles. The number of rotatable bonds is 5. The van der Waals surface area contributed by atoms with E-state index in [2.05, 4.69) is 9.97 Å². The van der Waals surface area contributed by atoms with Crippen molar-refractivity contribution >= 4 is 5.97 Å². The lowest BCUT2D eigenvalue weighted by Crippen LogP contribution is -2.05. The molecule has 2 aromatic rings. The van der Waals surface area contributed by atoms with E-state index < -0.39 is 5.97 Å². The Labute approximate surface area is 109 Å². The number of aromatic carboxylic acids is 1. The van der Waals surface area contributed by atoms with E-state index in [1.807, 2.05) is 6.07 Å². The molecule has 0 fully saturated rings. The predicted molar refractivity (Wildman–Crippen MR) is 66.3 cm³/mol. The maximum absolute atomic E-state index is 11.0. The highest BCUT2D eigenvalue weighted by Gasteiger charge is 2.15. The number of aliphatic hydroxyl groups excluding tert-OH is 1. The van der Waals surface area contributed by atoms with Crippen molar-refractivity contribution in [3.8, 4) is 11.6 Å². The van der Waals surface area contributed by atoms with Crippen molar-refractivity contribution in [2.45, 2.75) is 6.42 Å². The molecule has 1 aromatic carbocycles. The van der Waals surface area contributed by atoms with Gasteiger partial charge >= 0.3 is 5.97 Å². The van der Waals surface area contributed by atoms with E-state index in [-0.39, 0.29) is 18.2 Å². The Morgan fingerprint density at radius 2 is 1.95 bits per heavy atom. The molecule has 19 heavy (non-hydrogen) atoms. The second-order valence-electron chi connectivity index (χ2n) is 3.70. The number of aliphatic hydroxyl groups is 1. The number of carboxylic acid groups (broad SMARTS) is 1. The number of benzene rings is 1. The van der Waals surface area contributed by atoms with Crippen LogP contribution in [0.1, 0.15) is 16.1 Å². The summed E-state index contributed by atoms with van der Waals surface area (Å²) in [7, 11) is 0. The number of hydrogen-bond donors (Lipinski definition) is 2. The highest BCUT2D eigenvalue weighted by Crippen LogP contribution is 2.25. The summed E-state index contributed by atoms with van der Waals surface area (Å²) < 4.78 is 5.49. The van der Waals surface area contributed by atoms with E-state index in [4.69, 9.17) is 14.9 Å². The largest absolute Gasteiger partial charge is 0.476 e. The zero-order valence-electron chi connectivity index (χ0n) is 9.98. The van der Waals surface area contributed by atoms with E-state index in [9.17, 15) is 4.79 Å². The minimum absolute atomic E-state index is 0.0212. The first kappa shape index (κ1) is 13.0. The molecule has 2 rings (SSSR count). The summed E-state index contributed by atoms with van der Waals surface area (Å²) in [6.07, 6.45) is 3.06. The molecular weight excluding hydrogens is 248 g/mol. The van der Waals surface area contributed by atoms with Crippen molar-refractivity contribution < 1.29 is 19.7 Å². The van der Waals surface area contributed by atoms with E-state index in [0.29, 0.717) is 12.2 Å². The van der Waals surface area contributed by atoms with Gasteiger partial charge in [0.15, 0.2) is 0 Å². The average molecular weight is 260 g/mol. The topological polar surface area (TPSA) is 92.5 Å². The van der Waals surface area contributed by atoms with Crippen molar-refractivity contribution in [2.24, 2.45) is 0 Å². The van der Waals surface area contributed by atoms with Crippen molar-refractivity contribution in [1.29, 1.82) is 0 Å². The molecule has 1 heterocycles. The van der Waals surface area contributed by atoms with Crippen LogP contribution in [0, 0.1) is 0 Å². The van der Waals surface area contributed by atoms with Gasteiger partial charge in [0, 0.05) is 19.0 Å². The number of ether oxygens (including phenoxy) is 1. The quantitative estimate of drug-likeness (QED) is 0.846. The third-order valence-electron chi connectivity index (χ3n) is 2.43. The standard InChI is InChI=1S/C13H12N2O4/c16-8-5-9-3-1-2-4-10(9)19-12-11(13(17)18)14-6-7-15-12/h1-4,6-7,16H,5,8H2,(H,17,18). The molecule has 0 radical (unpaired) electrons. The number of carbonyl (C=O) groups is 1. The lowest BCUT2D eigenvalue weighted by Gasteiger charge is -2.10. The highest BCUT2D eigenvalue weighted by atomic mass is 16.5. The average Bonchev–Trinajstić information content (AvgIpc) is 2.42. The number of aromatic nitrogens is 2. The first-order valence-electron chi connectivity index (χ1n) is 5.63. The second kappa shape index (κ2) is 5.92. The normalized spacial score (nSPS) is 10.2. The Bertz CT molecular complexity index is 586. The third-order valence-corrected chi connectivity index (χ3v) is 2.43. The number of hydrogen-bond acceptors (Lipinski definition) is 5. The van der Waals surface area contributed by atoms with Crippen LogP contribution >= 0.6 is 0 Å². The third kappa shape index (κ3) is 3.05. The molecular formula is C13H12N2O4. The van der Waals surface area contributed by atoms with Gasteiger partial charge in [0.05, 0.1) is 0 Å². The summed E-state index contributed by atoms with van der Waals surface area (Å²) in [6.45, 7) is -0.0212. The van der Waals surface area contributed by atoms with Crippen LogP contribution in [0.3, 0.4) is 0 Å². The van der Waals surface area contributed by atoms with E-state index in [0.717, 1.165) is 5.56 Å². The summed E-state index contributed by atoms with van der Waals surface area (Å²) in [5.41, 5.74) is 0.522. The van der Waals surface area contributed by atoms with Crippen LogP contribution in [0.25, 0.3) is 0 Å². The van der Waals surface area contributed by atoms with Crippen molar-refractivity contribution in [1.82, 2.24) is 9.97 Å². The molecule has 2 N–H and O–H groups in total. The number of nitrogens with zero attached hydrogens (tertiary/aromatic N) is 2. The van der Waals surface area contributed by atoms with Gasteiger partial charge in [-0.1, -0.05) is 18.2 Å². The monoisotopic (exact) mass is 260 g/mol. The summed E-state index contributed by atoms with van der Waals surface area (Å²) in [4.78, 5) is 18.6. The fraction of sp³-hybridized carbons (Fsp3) is 0.154. The van der Waals surface area contributed by atoms with Crippen molar-refractivity contribution in [2.75, 3.05) is 6.61 Å². The van der Waals surface area contributed by atoms with Gasteiger partial charge in [-0.25, -0.2) is 14.8 Å². The molecule has 98 valence electrons. The van der Waals surface area contributed by atoms with Gasteiger partial charge in [-0.05, 0) is 18.1 Å². The Morgan fingerprint density at radius 3 is 2.68 bits per heavy atom. The predicted octanol–water partition coefficient (Wildman–Crippen LogP) is 1.50. The molecule has 0 spiro atoms. The molecule has 0 aliphatic rings. The summed E-state index contributed by atoms with van der Waals surface area (Å²) in [5, 5.41) is 18.0. The van der Waals surface area contributed by atoms with Crippen LogP contribution in [0.4, 0.5) is 0 Å². The van der Waals surface area contributed by atoms with Gasteiger partial charge in [0.2, 0.25) is 5.69 Å². The van der Waals surface area contributed by atoms with E-state index >= 15 is 0 Å². The van der Waals surface area contributed by atoms with Gasteiger partial charge in [0.1, 0.15) is 5.75 Å². The first-order chi connectivity index (χ1) is 9.22. The summed E-state index contributed by atoms with van der Waals surface area (Å²) in [6, 6.07) is 7.05. The Balaban J connectivity index is 2.34. The van der Waals surface area contributed by atoms with Crippen molar-refractivity contribution in [3.05, 3.63) is 47.9 Å². The molecule has 6 nitrogen and oxygen atoms in total. The molecule has 0 bridgehead atoms. The summed E-state index contributed by atoms with van der Waals surface area (Å²) in [5.74, 6) is -0.817. The maximum Gasteiger partial charge on any atom is 0.360 e. The van der Waals surface area contributed by atoms with E-state index in [1.54, 1.807) is 18.2 Å². The Kier molecular flexibility index (Phi) is 4.04. The molecule has 6 heteroatoms. The first-order valence-corrected chi connectivity index (χ1v) is 5.63. The molecule has 0 saturated heterocycles. The SMILES string of the molecule is O=C(O)c1nccnc1Oc1ccccc1CCO. The Morgan fingerprint density at radius 1 is 1.21 bits per heavy atom. The van der Waals surface area contributed by atoms with Gasteiger partial charge in [0.25, 0.3) is 5.88 Å². The molecule has 0 unspecified atom stereocenters. The van der Waals surface area contributed by atoms with Crippen LogP contribution in [0.2, 0.25) is 0 Å². The lowest BCUT2D eigenvalue weighted by molar-refractivity contribution is 0.0686. The van der Waals surface area contributed by atoms with Crippen molar-refractivity contribution in [3.63, 3.8) is 0 Å². The number of carboxylic acids is 1. The van der Waals surface area contributed by atoms with Crippen LogP contribution in [0.5, 0.6) is 11.6 Å². The summed E-state index contributed by atoms with van der Waals surface area (Å²) >= 11 is 0. The fourth-order valence-corrected chi connectivity index (χ4v) is 1.58. The Hall–Kier alpha value is -2.47. The van der Waals surface area contributed by atoms with Gasteiger partial charge in [-0.2, -0.15) is 0 Å². The molecule has 0 aliphatic carbocycles. The molecule has 0 saturated carbocycles. The molecule has 0 amide bonds. The van der Waals surface area contributed by atoms with Gasteiger partial charge < -0.3 is 14.9 Å². The minimum atomic E-state index is -1.21. The fourth-order valence-electron chi connectivity index (χ4n) is 1.58. The lowest BCUT2D eigenvalue weighted by atomic mass is 10.1. The van der Waals surface area contributed by atoms with Gasteiger partial charge in [-0.15, -0.1) is 0 Å². The van der Waals surface area contributed by atoms with E-state index in [1.165, 1.54) is 12.4 Å². The van der Waals surface area contributed by atoms with Crippen LogP contribution in [0.15, 0.2) is 36.7 Å². The smallest absolute Gasteiger partial charge is 0.360 e. The second-order valence-corrected chi connectivity index (χ2v) is 3.70. The number of para-hydroxylation sites is 1. The highest BCUT2D eigenvalue weighted by molar-refractivity contribution is 5.87.